The molecule has 1 aromatic carbocycles. The predicted molar refractivity (Wildman–Crippen MR) is 73.8 cm³/mol. The number of anilines is 1. The standard InChI is InChI=1S/C14H22N2O2/c1-14(2,15-3)13(17)16-12-8-6-5-7-11(12)9-10-18-4/h5-8,15H,9-10H2,1-4H3,(H,16,17). The van der Waals surface area contributed by atoms with E-state index in [1.165, 1.54) is 0 Å². The Morgan fingerprint density at radius 1 is 1.33 bits per heavy atom. The normalized spacial score (nSPS) is 11.3. The summed E-state index contributed by atoms with van der Waals surface area (Å²) in [5.74, 6) is -0.0464. The van der Waals surface area contributed by atoms with Crippen molar-refractivity contribution >= 4 is 11.6 Å². The van der Waals surface area contributed by atoms with E-state index in [-0.39, 0.29) is 5.91 Å². The second-order valence-corrected chi connectivity index (χ2v) is 4.73. The molecule has 1 amide bonds. The van der Waals surface area contributed by atoms with Gasteiger partial charge in [-0.3, -0.25) is 4.79 Å². The molecule has 4 heteroatoms. The fourth-order valence-corrected chi connectivity index (χ4v) is 1.46. The largest absolute Gasteiger partial charge is 0.384 e. The molecule has 0 saturated heterocycles. The highest BCUT2D eigenvalue weighted by Crippen LogP contribution is 2.17. The first kappa shape index (κ1) is 14.7. The van der Waals surface area contributed by atoms with Gasteiger partial charge in [-0.1, -0.05) is 18.2 Å². The molecule has 0 fully saturated rings. The summed E-state index contributed by atoms with van der Waals surface area (Å²) >= 11 is 0. The van der Waals surface area contributed by atoms with Crippen molar-refractivity contribution in [2.75, 3.05) is 26.1 Å². The molecule has 0 aliphatic rings. The molecule has 2 N–H and O–H groups in total. The minimum Gasteiger partial charge on any atom is -0.384 e. The molecule has 0 aliphatic carbocycles. The molecule has 1 aromatic rings. The molecule has 4 nitrogen and oxygen atoms in total. The molecular formula is C14H22N2O2. The quantitative estimate of drug-likeness (QED) is 0.809. The highest BCUT2D eigenvalue weighted by atomic mass is 16.5. The summed E-state index contributed by atoms with van der Waals surface area (Å²) in [6, 6.07) is 7.79. The molecule has 100 valence electrons. The Kier molecular flexibility index (Phi) is 5.31. The maximum Gasteiger partial charge on any atom is 0.244 e. The van der Waals surface area contributed by atoms with Crippen molar-refractivity contribution in [3.05, 3.63) is 29.8 Å². The zero-order valence-electron chi connectivity index (χ0n) is 11.5. The Morgan fingerprint density at radius 2 is 2.00 bits per heavy atom. The molecule has 0 unspecified atom stereocenters. The fraction of sp³-hybridized carbons (Fsp3) is 0.500. The number of likely N-dealkylation sites (N-methyl/N-ethyl adjacent to an activating group) is 1. The van der Waals surface area contributed by atoms with Gasteiger partial charge >= 0.3 is 0 Å². The van der Waals surface area contributed by atoms with Crippen molar-refractivity contribution in [2.24, 2.45) is 0 Å². The average molecular weight is 250 g/mol. The predicted octanol–water partition coefficient (Wildman–Crippen LogP) is 1.81. The Bertz CT molecular complexity index is 403. The summed E-state index contributed by atoms with van der Waals surface area (Å²) < 4.78 is 5.07. The van der Waals surface area contributed by atoms with E-state index < -0.39 is 5.54 Å². The molecule has 0 aliphatic heterocycles. The average Bonchev–Trinajstić information content (AvgIpc) is 2.37. The summed E-state index contributed by atoms with van der Waals surface area (Å²) in [5, 5.41) is 5.94. The zero-order chi connectivity index (χ0) is 13.6. The van der Waals surface area contributed by atoms with Crippen LogP contribution in [-0.2, 0) is 16.0 Å². The molecule has 0 heterocycles. The van der Waals surface area contributed by atoms with Gasteiger partial charge in [-0.25, -0.2) is 0 Å². The Balaban J connectivity index is 2.81. The van der Waals surface area contributed by atoms with Gasteiger partial charge < -0.3 is 15.4 Å². The Hall–Kier alpha value is -1.39. The van der Waals surface area contributed by atoms with E-state index in [1.54, 1.807) is 14.2 Å². The molecule has 0 atom stereocenters. The summed E-state index contributed by atoms with van der Waals surface area (Å²) in [4.78, 5) is 12.1. The van der Waals surface area contributed by atoms with E-state index in [0.29, 0.717) is 6.61 Å². The van der Waals surface area contributed by atoms with Crippen molar-refractivity contribution in [1.82, 2.24) is 5.32 Å². The number of benzene rings is 1. The number of ether oxygens (including phenoxy) is 1. The highest BCUT2D eigenvalue weighted by molar-refractivity contribution is 5.98. The number of methoxy groups -OCH3 is 1. The van der Waals surface area contributed by atoms with Crippen LogP contribution in [0.15, 0.2) is 24.3 Å². The molecule has 0 saturated carbocycles. The first-order valence-electron chi connectivity index (χ1n) is 6.08. The maximum atomic E-state index is 12.1. The van der Waals surface area contributed by atoms with Gasteiger partial charge in [-0.15, -0.1) is 0 Å². The lowest BCUT2D eigenvalue weighted by atomic mass is 10.0. The smallest absolute Gasteiger partial charge is 0.244 e. The van der Waals surface area contributed by atoms with Gasteiger partial charge in [0.1, 0.15) is 0 Å². The van der Waals surface area contributed by atoms with E-state index in [0.717, 1.165) is 17.7 Å². The summed E-state index contributed by atoms with van der Waals surface area (Å²) in [7, 11) is 3.45. The van der Waals surface area contributed by atoms with Crippen LogP contribution in [0.5, 0.6) is 0 Å². The van der Waals surface area contributed by atoms with Crippen LogP contribution in [-0.4, -0.2) is 32.2 Å². The molecule has 18 heavy (non-hydrogen) atoms. The van der Waals surface area contributed by atoms with Crippen molar-refractivity contribution in [3.63, 3.8) is 0 Å². The lowest BCUT2D eigenvalue weighted by Gasteiger charge is -2.23. The number of carbonyl (C=O) groups is 1. The van der Waals surface area contributed by atoms with Crippen LogP contribution < -0.4 is 10.6 Å². The van der Waals surface area contributed by atoms with Crippen LogP contribution in [0.3, 0.4) is 0 Å². The summed E-state index contributed by atoms with van der Waals surface area (Å²) in [6.07, 6.45) is 0.785. The number of hydrogen-bond acceptors (Lipinski definition) is 3. The van der Waals surface area contributed by atoms with Crippen LogP contribution in [0, 0.1) is 0 Å². The SMILES string of the molecule is CNC(C)(C)C(=O)Nc1ccccc1CCOC. The van der Waals surface area contributed by atoms with Crippen molar-refractivity contribution in [3.8, 4) is 0 Å². The number of hydrogen-bond donors (Lipinski definition) is 2. The van der Waals surface area contributed by atoms with Crippen LogP contribution in [0.4, 0.5) is 5.69 Å². The third-order valence-electron chi connectivity index (χ3n) is 3.03. The maximum absolute atomic E-state index is 12.1. The topological polar surface area (TPSA) is 50.4 Å². The second kappa shape index (κ2) is 6.52. The lowest BCUT2D eigenvalue weighted by molar-refractivity contribution is -0.121. The zero-order valence-corrected chi connectivity index (χ0v) is 11.5. The van der Waals surface area contributed by atoms with E-state index in [9.17, 15) is 4.79 Å². The lowest BCUT2D eigenvalue weighted by Crippen LogP contribution is -2.48. The molecule has 0 radical (unpaired) electrons. The molecule has 0 aromatic heterocycles. The van der Waals surface area contributed by atoms with Crippen LogP contribution >= 0.6 is 0 Å². The van der Waals surface area contributed by atoms with Crippen molar-refractivity contribution in [2.45, 2.75) is 25.8 Å². The van der Waals surface area contributed by atoms with Gasteiger partial charge in [0.05, 0.1) is 12.1 Å². The van der Waals surface area contributed by atoms with Crippen LogP contribution in [0.25, 0.3) is 0 Å². The van der Waals surface area contributed by atoms with Gasteiger partial charge in [0.15, 0.2) is 0 Å². The highest BCUT2D eigenvalue weighted by Gasteiger charge is 2.25. The van der Waals surface area contributed by atoms with Gasteiger partial charge in [0.25, 0.3) is 0 Å². The fourth-order valence-electron chi connectivity index (χ4n) is 1.46. The second-order valence-electron chi connectivity index (χ2n) is 4.73. The van der Waals surface area contributed by atoms with E-state index in [2.05, 4.69) is 10.6 Å². The molecular weight excluding hydrogens is 228 g/mol. The molecule has 0 spiro atoms. The minimum absolute atomic E-state index is 0.0464. The van der Waals surface area contributed by atoms with Gasteiger partial charge in [-0.05, 0) is 38.9 Å². The number of rotatable bonds is 6. The van der Waals surface area contributed by atoms with Crippen LogP contribution in [0.1, 0.15) is 19.4 Å². The third-order valence-corrected chi connectivity index (χ3v) is 3.03. The number of carbonyl (C=O) groups excluding carboxylic acids is 1. The van der Waals surface area contributed by atoms with E-state index in [4.69, 9.17) is 4.74 Å². The van der Waals surface area contributed by atoms with Gasteiger partial charge in [0.2, 0.25) is 5.91 Å². The number of nitrogens with one attached hydrogen (secondary N) is 2. The van der Waals surface area contributed by atoms with Gasteiger partial charge in [0, 0.05) is 12.8 Å². The molecule has 1 rings (SSSR count). The number of para-hydroxylation sites is 1. The van der Waals surface area contributed by atoms with E-state index >= 15 is 0 Å². The Morgan fingerprint density at radius 3 is 2.61 bits per heavy atom. The third kappa shape index (κ3) is 3.82. The first-order chi connectivity index (χ1) is 8.51. The minimum atomic E-state index is -0.589. The number of amides is 1. The van der Waals surface area contributed by atoms with Gasteiger partial charge in [-0.2, -0.15) is 0 Å². The van der Waals surface area contributed by atoms with E-state index in [1.807, 2.05) is 38.1 Å². The summed E-state index contributed by atoms with van der Waals surface area (Å²) in [6.45, 7) is 4.34. The van der Waals surface area contributed by atoms with Crippen molar-refractivity contribution in [1.29, 1.82) is 0 Å². The summed E-state index contributed by atoms with van der Waals surface area (Å²) in [5.41, 5.74) is 1.34. The van der Waals surface area contributed by atoms with Crippen molar-refractivity contribution < 1.29 is 9.53 Å². The van der Waals surface area contributed by atoms with Crippen LogP contribution in [0.2, 0.25) is 0 Å². The monoisotopic (exact) mass is 250 g/mol. The first-order valence-corrected chi connectivity index (χ1v) is 6.08. The molecule has 0 bridgehead atoms. The Labute approximate surface area is 109 Å².